The van der Waals surface area contributed by atoms with Gasteiger partial charge in [0.15, 0.2) is 0 Å². The lowest BCUT2D eigenvalue weighted by Crippen LogP contribution is -2.34. The molecular weight excluding hydrogens is 174 g/mol. The van der Waals surface area contributed by atoms with E-state index in [0.717, 1.165) is 12.3 Å². The van der Waals surface area contributed by atoms with Crippen molar-refractivity contribution >= 4 is 11.9 Å². The predicted octanol–water partition coefficient (Wildman–Crippen LogP) is -0.282. The van der Waals surface area contributed by atoms with Gasteiger partial charge in [0.05, 0.1) is 0 Å². The molecule has 0 aromatic rings. The highest BCUT2D eigenvalue weighted by Crippen LogP contribution is 1.99. The molecule has 5 heteroatoms. The molecule has 0 saturated heterocycles. The maximum Gasteiger partial charge on any atom is 0.329 e. The Morgan fingerprint density at radius 2 is 1.92 bits per heavy atom. The quantitative estimate of drug-likeness (QED) is 0.528. The highest BCUT2D eigenvalue weighted by molar-refractivity contribution is 5.84. The maximum atomic E-state index is 11.0. The smallest absolute Gasteiger partial charge is 0.329 e. The van der Waals surface area contributed by atoms with E-state index in [2.05, 4.69) is 5.32 Å². The van der Waals surface area contributed by atoms with E-state index in [0.29, 0.717) is 0 Å². The van der Waals surface area contributed by atoms with E-state index in [1.807, 2.05) is 0 Å². The first-order valence-electron chi connectivity index (χ1n) is 3.83. The van der Waals surface area contributed by atoms with Gasteiger partial charge >= 0.3 is 5.97 Å². The van der Waals surface area contributed by atoms with E-state index in [1.165, 1.54) is 0 Å². The molecule has 0 aromatic heterocycles. The van der Waals surface area contributed by atoms with Crippen molar-refractivity contribution in [3.05, 3.63) is 12.3 Å². The highest BCUT2D eigenvalue weighted by atomic mass is 16.4. The van der Waals surface area contributed by atoms with Crippen LogP contribution in [0.25, 0.3) is 0 Å². The van der Waals surface area contributed by atoms with Crippen LogP contribution in [0.2, 0.25) is 0 Å². The van der Waals surface area contributed by atoms with Crippen LogP contribution in [0.1, 0.15) is 13.8 Å². The monoisotopic (exact) mass is 187 g/mol. The molecule has 0 aliphatic rings. The Morgan fingerprint density at radius 1 is 1.38 bits per heavy atom. The van der Waals surface area contributed by atoms with Crippen molar-refractivity contribution in [3.63, 3.8) is 0 Å². The van der Waals surface area contributed by atoms with Crippen LogP contribution >= 0.6 is 0 Å². The molecule has 0 aliphatic heterocycles. The van der Waals surface area contributed by atoms with Gasteiger partial charge in [-0.15, -0.1) is 0 Å². The number of carbonyl (C=O) groups is 2. The van der Waals surface area contributed by atoms with Gasteiger partial charge in [0.1, 0.15) is 6.10 Å². The standard InChI is InChI=1S/C8H13NO4/c1-5(2)7(12)8(13)9-4-3-6(10)11/h3-5,7,12H,1-2H3,(H,9,13)(H,10,11)/b4-3+. The topological polar surface area (TPSA) is 86.6 Å². The third kappa shape index (κ3) is 4.97. The minimum absolute atomic E-state index is 0.196. The molecule has 0 rings (SSSR count). The Hall–Kier alpha value is -1.36. The van der Waals surface area contributed by atoms with Crippen molar-refractivity contribution in [2.75, 3.05) is 0 Å². The van der Waals surface area contributed by atoms with Crippen molar-refractivity contribution in [2.24, 2.45) is 5.92 Å². The molecule has 5 nitrogen and oxygen atoms in total. The van der Waals surface area contributed by atoms with Crippen molar-refractivity contribution in [1.82, 2.24) is 5.32 Å². The van der Waals surface area contributed by atoms with Gasteiger partial charge in [0, 0.05) is 12.3 Å². The zero-order valence-electron chi connectivity index (χ0n) is 7.52. The first-order chi connectivity index (χ1) is 5.95. The number of aliphatic hydroxyl groups is 1. The number of aliphatic carboxylic acids is 1. The van der Waals surface area contributed by atoms with Crippen molar-refractivity contribution in [1.29, 1.82) is 0 Å². The Bertz CT molecular complexity index is 222. The minimum Gasteiger partial charge on any atom is -0.478 e. The third-order valence-electron chi connectivity index (χ3n) is 1.35. The summed E-state index contributed by atoms with van der Waals surface area (Å²) < 4.78 is 0. The third-order valence-corrected chi connectivity index (χ3v) is 1.35. The van der Waals surface area contributed by atoms with Gasteiger partial charge in [0.2, 0.25) is 0 Å². The lowest BCUT2D eigenvalue weighted by atomic mass is 10.1. The first-order valence-corrected chi connectivity index (χ1v) is 3.83. The van der Waals surface area contributed by atoms with E-state index >= 15 is 0 Å². The molecule has 74 valence electrons. The van der Waals surface area contributed by atoms with Crippen molar-refractivity contribution in [2.45, 2.75) is 20.0 Å². The van der Waals surface area contributed by atoms with Crippen LogP contribution in [0.15, 0.2) is 12.3 Å². The van der Waals surface area contributed by atoms with Crippen molar-refractivity contribution < 1.29 is 19.8 Å². The minimum atomic E-state index is -1.15. The fourth-order valence-electron chi connectivity index (χ4n) is 0.583. The van der Waals surface area contributed by atoms with Crippen LogP contribution in [0.5, 0.6) is 0 Å². The number of hydrogen-bond acceptors (Lipinski definition) is 3. The molecule has 1 atom stereocenters. The summed E-state index contributed by atoms with van der Waals surface area (Å²) in [6.45, 7) is 3.37. The number of hydrogen-bond donors (Lipinski definition) is 3. The van der Waals surface area contributed by atoms with Gasteiger partial charge in [-0.25, -0.2) is 4.79 Å². The number of amides is 1. The molecule has 13 heavy (non-hydrogen) atoms. The first kappa shape index (κ1) is 11.6. The largest absolute Gasteiger partial charge is 0.478 e. The van der Waals surface area contributed by atoms with Crippen LogP contribution in [0, 0.1) is 5.92 Å². The number of nitrogens with one attached hydrogen (secondary N) is 1. The summed E-state index contributed by atoms with van der Waals surface area (Å²) >= 11 is 0. The van der Waals surface area contributed by atoms with Gasteiger partial charge in [0.25, 0.3) is 5.91 Å². The second-order valence-electron chi connectivity index (χ2n) is 2.87. The van der Waals surface area contributed by atoms with Gasteiger partial charge in [-0.3, -0.25) is 4.79 Å². The normalized spacial score (nSPS) is 13.2. The van der Waals surface area contributed by atoms with Crippen LogP contribution in [0.3, 0.4) is 0 Å². The van der Waals surface area contributed by atoms with Crippen LogP contribution in [-0.4, -0.2) is 28.2 Å². The molecular formula is C8H13NO4. The average Bonchev–Trinajstić information content (AvgIpc) is 2.02. The van der Waals surface area contributed by atoms with E-state index < -0.39 is 18.0 Å². The number of carbonyl (C=O) groups excluding carboxylic acids is 1. The Morgan fingerprint density at radius 3 is 2.31 bits per heavy atom. The fraction of sp³-hybridized carbons (Fsp3) is 0.500. The molecule has 0 aliphatic carbocycles. The molecule has 1 amide bonds. The number of rotatable bonds is 4. The second kappa shape index (κ2) is 5.31. The highest BCUT2D eigenvalue weighted by Gasteiger charge is 2.17. The Labute approximate surface area is 76.1 Å². The number of aliphatic hydroxyl groups excluding tert-OH is 1. The molecule has 3 N–H and O–H groups in total. The summed E-state index contributed by atoms with van der Waals surface area (Å²) in [5.41, 5.74) is 0. The zero-order valence-corrected chi connectivity index (χ0v) is 7.52. The van der Waals surface area contributed by atoms with Crippen LogP contribution in [0.4, 0.5) is 0 Å². The van der Waals surface area contributed by atoms with Gasteiger partial charge < -0.3 is 15.5 Å². The van der Waals surface area contributed by atoms with E-state index in [4.69, 9.17) is 10.2 Å². The van der Waals surface area contributed by atoms with Crippen LogP contribution in [-0.2, 0) is 9.59 Å². The Balaban J connectivity index is 3.95. The summed E-state index contributed by atoms with van der Waals surface area (Å²) in [5.74, 6) is -1.95. The molecule has 0 fully saturated rings. The predicted molar refractivity (Wildman–Crippen MR) is 45.8 cm³/mol. The molecule has 0 heterocycles. The molecule has 0 spiro atoms. The second-order valence-corrected chi connectivity index (χ2v) is 2.87. The lowest BCUT2D eigenvalue weighted by molar-refractivity contribution is -0.131. The van der Waals surface area contributed by atoms with Crippen molar-refractivity contribution in [3.8, 4) is 0 Å². The van der Waals surface area contributed by atoms with Gasteiger partial charge in [-0.1, -0.05) is 13.8 Å². The molecule has 0 aromatic carbocycles. The number of carboxylic acids is 1. The number of carboxylic acid groups (broad SMARTS) is 1. The Kier molecular flexibility index (Phi) is 4.76. The van der Waals surface area contributed by atoms with E-state index in [1.54, 1.807) is 13.8 Å². The van der Waals surface area contributed by atoms with E-state index in [9.17, 15) is 9.59 Å². The summed E-state index contributed by atoms with van der Waals surface area (Å²) in [5, 5.41) is 19.5. The molecule has 1 unspecified atom stereocenters. The average molecular weight is 187 g/mol. The van der Waals surface area contributed by atoms with Gasteiger partial charge in [-0.05, 0) is 5.92 Å². The SMILES string of the molecule is CC(C)C(O)C(=O)N/C=C/C(=O)O. The van der Waals surface area contributed by atoms with E-state index in [-0.39, 0.29) is 5.92 Å². The summed E-state index contributed by atoms with van der Waals surface area (Å²) in [6, 6.07) is 0. The van der Waals surface area contributed by atoms with Crippen LogP contribution < -0.4 is 5.32 Å². The summed E-state index contributed by atoms with van der Waals surface area (Å²) in [6.07, 6.45) is 0.653. The molecule has 0 bridgehead atoms. The summed E-state index contributed by atoms with van der Waals surface area (Å²) in [4.78, 5) is 20.9. The molecule has 0 radical (unpaired) electrons. The lowest BCUT2D eigenvalue weighted by Gasteiger charge is -2.11. The summed E-state index contributed by atoms with van der Waals surface area (Å²) in [7, 11) is 0. The molecule has 0 saturated carbocycles. The van der Waals surface area contributed by atoms with Gasteiger partial charge in [-0.2, -0.15) is 0 Å². The fourth-order valence-corrected chi connectivity index (χ4v) is 0.583. The zero-order chi connectivity index (χ0) is 10.4. The maximum absolute atomic E-state index is 11.0.